The number of halogens is 5. The summed E-state index contributed by atoms with van der Waals surface area (Å²) in [5.74, 6) is -1.95. The average molecular weight is 440 g/mol. The van der Waals surface area contributed by atoms with Gasteiger partial charge in [-0.15, -0.1) is 0 Å². The molecule has 2 aromatic rings. The number of likely N-dealkylation sites (tertiary alicyclic amines) is 1. The van der Waals surface area contributed by atoms with Crippen molar-refractivity contribution in [3.8, 4) is 0 Å². The predicted octanol–water partition coefficient (Wildman–Crippen LogP) is 5.01. The highest BCUT2D eigenvalue weighted by atomic mass is 19.4. The van der Waals surface area contributed by atoms with Gasteiger partial charge in [0.2, 0.25) is 0 Å². The maximum absolute atomic E-state index is 13.9. The summed E-state index contributed by atoms with van der Waals surface area (Å²) in [6.45, 7) is 2.61. The van der Waals surface area contributed by atoms with Gasteiger partial charge in [-0.25, -0.2) is 8.78 Å². The molecule has 0 bridgehead atoms. The molecule has 1 unspecified atom stereocenters. The molecule has 31 heavy (non-hydrogen) atoms. The van der Waals surface area contributed by atoms with E-state index >= 15 is 0 Å². The Hall–Kier alpha value is -2.48. The first-order chi connectivity index (χ1) is 14.6. The second kappa shape index (κ2) is 9.77. The van der Waals surface area contributed by atoms with E-state index in [1.54, 1.807) is 13.1 Å². The smallest absolute Gasteiger partial charge is 0.341 e. The summed E-state index contributed by atoms with van der Waals surface area (Å²) < 4.78 is 65.6. The van der Waals surface area contributed by atoms with Crippen molar-refractivity contribution in [3.63, 3.8) is 0 Å². The van der Waals surface area contributed by atoms with E-state index in [0.717, 1.165) is 37.6 Å². The molecule has 1 saturated heterocycles. The molecule has 1 amide bonds. The van der Waals surface area contributed by atoms with Gasteiger partial charge < -0.3 is 9.80 Å². The third kappa shape index (κ3) is 6.26. The molecule has 1 aliphatic heterocycles. The van der Waals surface area contributed by atoms with Crippen LogP contribution in [0.1, 0.15) is 34.3 Å². The molecule has 0 spiro atoms. The monoisotopic (exact) mass is 440 g/mol. The van der Waals surface area contributed by atoms with Gasteiger partial charge in [-0.1, -0.05) is 18.2 Å². The first-order valence-corrected chi connectivity index (χ1v) is 10.2. The number of alkyl halides is 3. The fourth-order valence-electron chi connectivity index (χ4n) is 4.03. The zero-order valence-corrected chi connectivity index (χ0v) is 17.3. The molecule has 3 nitrogen and oxygen atoms in total. The van der Waals surface area contributed by atoms with Gasteiger partial charge in [0, 0.05) is 32.7 Å². The Kier molecular flexibility index (Phi) is 7.30. The summed E-state index contributed by atoms with van der Waals surface area (Å²) in [6, 6.07) is 8.26. The molecule has 168 valence electrons. The normalized spacial score (nSPS) is 17.5. The topological polar surface area (TPSA) is 23.6 Å². The van der Waals surface area contributed by atoms with E-state index < -0.39 is 29.3 Å². The van der Waals surface area contributed by atoms with E-state index in [4.69, 9.17) is 0 Å². The molecule has 0 saturated carbocycles. The van der Waals surface area contributed by atoms with Gasteiger partial charge >= 0.3 is 6.18 Å². The van der Waals surface area contributed by atoms with Crippen LogP contribution in [0.2, 0.25) is 0 Å². The molecule has 2 aromatic carbocycles. The number of carbonyl (C=O) groups is 1. The third-order valence-electron chi connectivity index (χ3n) is 5.61. The van der Waals surface area contributed by atoms with E-state index in [1.807, 2.05) is 0 Å². The van der Waals surface area contributed by atoms with Gasteiger partial charge in [0.05, 0.1) is 11.1 Å². The van der Waals surface area contributed by atoms with Crippen LogP contribution >= 0.6 is 0 Å². The zero-order chi connectivity index (χ0) is 22.6. The van der Waals surface area contributed by atoms with Gasteiger partial charge in [-0.3, -0.25) is 4.79 Å². The minimum atomic E-state index is -4.35. The lowest BCUT2D eigenvalue weighted by molar-refractivity contribution is -0.137. The molecule has 1 aliphatic rings. The first-order valence-electron chi connectivity index (χ1n) is 10.2. The fourth-order valence-corrected chi connectivity index (χ4v) is 4.03. The van der Waals surface area contributed by atoms with Gasteiger partial charge in [-0.2, -0.15) is 13.2 Å². The van der Waals surface area contributed by atoms with Crippen LogP contribution in [0.25, 0.3) is 0 Å². The second-order valence-corrected chi connectivity index (χ2v) is 8.07. The Bertz CT molecular complexity index is 915. The lowest BCUT2D eigenvalue weighted by atomic mass is 9.96. The number of piperidine rings is 1. The van der Waals surface area contributed by atoms with Crippen molar-refractivity contribution in [3.05, 3.63) is 70.8 Å². The maximum Gasteiger partial charge on any atom is 0.416 e. The molecule has 0 radical (unpaired) electrons. The molecule has 3 rings (SSSR count). The highest BCUT2D eigenvalue weighted by molar-refractivity contribution is 5.94. The van der Waals surface area contributed by atoms with Crippen molar-refractivity contribution in [1.29, 1.82) is 0 Å². The van der Waals surface area contributed by atoms with Crippen LogP contribution in [0.5, 0.6) is 0 Å². The first kappa shape index (κ1) is 23.2. The van der Waals surface area contributed by atoms with Crippen molar-refractivity contribution in [1.82, 2.24) is 9.80 Å². The zero-order valence-electron chi connectivity index (χ0n) is 17.3. The third-order valence-corrected chi connectivity index (χ3v) is 5.61. The Morgan fingerprint density at radius 3 is 2.65 bits per heavy atom. The molecule has 0 N–H and O–H groups in total. The summed E-state index contributed by atoms with van der Waals surface area (Å²) >= 11 is 0. The Balaban J connectivity index is 1.54. The Morgan fingerprint density at radius 2 is 1.94 bits per heavy atom. The van der Waals surface area contributed by atoms with E-state index in [1.165, 1.54) is 17.0 Å². The summed E-state index contributed by atoms with van der Waals surface area (Å²) in [7, 11) is 1.59. The van der Waals surface area contributed by atoms with Gasteiger partial charge in [0.15, 0.2) is 0 Å². The number of rotatable bonds is 6. The molecular weight excluding hydrogens is 415 g/mol. The number of hydrogen-bond donors (Lipinski definition) is 0. The van der Waals surface area contributed by atoms with Gasteiger partial charge in [-0.05, 0) is 55.5 Å². The highest BCUT2D eigenvalue weighted by Crippen LogP contribution is 2.29. The van der Waals surface area contributed by atoms with Crippen LogP contribution in [0.3, 0.4) is 0 Å². The SMILES string of the molecule is CN(CC1CCCN(CCc2cccc(C(F)(F)F)c2)C1)C(=O)c1ccc(F)cc1F. The highest BCUT2D eigenvalue weighted by Gasteiger charge is 2.30. The Morgan fingerprint density at radius 1 is 1.16 bits per heavy atom. The number of benzene rings is 2. The molecule has 1 heterocycles. The maximum atomic E-state index is 13.9. The quantitative estimate of drug-likeness (QED) is 0.590. The van der Waals surface area contributed by atoms with Crippen molar-refractivity contribution in [2.24, 2.45) is 5.92 Å². The number of amides is 1. The van der Waals surface area contributed by atoms with Crippen LogP contribution in [0.4, 0.5) is 22.0 Å². The van der Waals surface area contributed by atoms with Crippen LogP contribution in [0, 0.1) is 17.6 Å². The lowest BCUT2D eigenvalue weighted by Crippen LogP contribution is -2.42. The molecule has 1 atom stereocenters. The van der Waals surface area contributed by atoms with Crippen LogP contribution in [0.15, 0.2) is 42.5 Å². The summed E-state index contributed by atoms with van der Waals surface area (Å²) in [5, 5.41) is 0. The van der Waals surface area contributed by atoms with E-state index in [-0.39, 0.29) is 11.5 Å². The molecule has 0 aliphatic carbocycles. The van der Waals surface area contributed by atoms with E-state index in [0.29, 0.717) is 37.7 Å². The molecule has 1 fully saturated rings. The minimum absolute atomic E-state index is 0.166. The largest absolute Gasteiger partial charge is 0.416 e. The number of hydrogen-bond acceptors (Lipinski definition) is 2. The average Bonchev–Trinajstić information content (AvgIpc) is 2.72. The lowest BCUT2D eigenvalue weighted by Gasteiger charge is -2.34. The second-order valence-electron chi connectivity index (χ2n) is 8.07. The number of nitrogens with zero attached hydrogens (tertiary/aromatic N) is 2. The summed E-state index contributed by atoms with van der Waals surface area (Å²) in [5.41, 5.74) is -0.174. The van der Waals surface area contributed by atoms with Gasteiger partial charge in [0.25, 0.3) is 5.91 Å². The predicted molar refractivity (Wildman–Crippen MR) is 108 cm³/mol. The number of carbonyl (C=O) groups excluding carboxylic acids is 1. The summed E-state index contributed by atoms with van der Waals surface area (Å²) in [4.78, 5) is 16.1. The van der Waals surface area contributed by atoms with Crippen LogP contribution < -0.4 is 0 Å². The van der Waals surface area contributed by atoms with Crippen molar-refractivity contribution >= 4 is 5.91 Å². The Labute approximate surface area is 178 Å². The van der Waals surface area contributed by atoms with Crippen molar-refractivity contribution in [2.75, 3.05) is 33.2 Å². The molecule has 8 heteroatoms. The van der Waals surface area contributed by atoms with Crippen LogP contribution in [-0.2, 0) is 12.6 Å². The van der Waals surface area contributed by atoms with Crippen LogP contribution in [-0.4, -0.2) is 48.9 Å². The fraction of sp³-hybridized carbons (Fsp3) is 0.435. The van der Waals surface area contributed by atoms with Crippen molar-refractivity contribution in [2.45, 2.75) is 25.4 Å². The van der Waals surface area contributed by atoms with Gasteiger partial charge in [0.1, 0.15) is 11.6 Å². The minimum Gasteiger partial charge on any atom is -0.341 e. The molecular formula is C23H25F5N2O. The van der Waals surface area contributed by atoms with Crippen molar-refractivity contribution < 1.29 is 26.7 Å². The van der Waals surface area contributed by atoms with E-state index in [2.05, 4.69) is 4.90 Å². The standard InChI is InChI=1S/C23H25F5N2O/c1-29(22(31)20-8-7-19(24)13-21(20)25)14-17-5-3-10-30(15-17)11-9-16-4-2-6-18(12-16)23(26,27)28/h2,4,6-8,12-13,17H,3,5,9-11,14-15H2,1H3. The molecule has 0 aromatic heterocycles. The van der Waals surface area contributed by atoms with E-state index in [9.17, 15) is 26.7 Å². The summed E-state index contributed by atoms with van der Waals surface area (Å²) in [6.07, 6.45) is -2.02.